The summed E-state index contributed by atoms with van der Waals surface area (Å²) in [5, 5.41) is 9.67. The summed E-state index contributed by atoms with van der Waals surface area (Å²) in [6.07, 6.45) is 4.27. The van der Waals surface area contributed by atoms with Crippen molar-refractivity contribution < 1.29 is 5.11 Å². The van der Waals surface area contributed by atoms with Crippen LogP contribution in [-0.2, 0) is 6.61 Å². The largest absolute Gasteiger partial charge is 0.390 e. The van der Waals surface area contributed by atoms with Crippen molar-refractivity contribution in [2.75, 3.05) is 0 Å². The molecule has 0 unspecified atom stereocenters. The Hall–Kier alpha value is -1.06. The van der Waals surface area contributed by atoms with Crippen LogP contribution in [0.2, 0.25) is 5.15 Å². The summed E-state index contributed by atoms with van der Waals surface area (Å²) in [6, 6.07) is 4.05. The molecular weight excluding hydrogens is 212 g/mol. The maximum atomic E-state index is 9.00. The van der Waals surface area contributed by atoms with E-state index in [1.165, 1.54) is 18.4 Å². The van der Waals surface area contributed by atoms with E-state index in [0.717, 1.165) is 5.65 Å². The van der Waals surface area contributed by atoms with E-state index in [4.69, 9.17) is 16.7 Å². The number of rotatable bonds is 2. The third-order valence-electron chi connectivity index (χ3n) is 2.81. The molecule has 0 amide bonds. The zero-order valence-corrected chi connectivity index (χ0v) is 8.91. The first-order valence-electron chi connectivity index (χ1n) is 5.06. The third kappa shape index (κ3) is 1.52. The molecule has 4 heteroatoms. The number of pyridine rings is 1. The summed E-state index contributed by atoms with van der Waals surface area (Å²) in [6.45, 7) is -0.0449. The molecular formula is C11H11ClN2O. The van der Waals surface area contributed by atoms with E-state index in [9.17, 15) is 0 Å². The second-order valence-electron chi connectivity index (χ2n) is 4.00. The van der Waals surface area contributed by atoms with Gasteiger partial charge in [-0.2, -0.15) is 0 Å². The molecule has 0 aromatic carbocycles. The van der Waals surface area contributed by atoms with Gasteiger partial charge in [0.2, 0.25) is 0 Å². The molecule has 2 aromatic rings. The number of hydrogen-bond donors (Lipinski definition) is 1. The summed E-state index contributed by atoms with van der Waals surface area (Å²) < 4.78 is 1.80. The van der Waals surface area contributed by atoms with Crippen LogP contribution in [0.3, 0.4) is 0 Å². The molecule has 3 rings (SSSR count). The van der Waals surface area contributed by atoms with Crippen LogP contribution in [-0.4, -0.2) is 14.5 Å². The van der Waals surface area contributed by atoms with Gasteiger partial charge in [-0.15, -0.1) is 0 Å². The van der Waals surface area contributed by atoms with Crippen molar-refractivity contribution in [3.8, 4) is 0 Å². The Labute approximate surface area is 92.3 Å². The van der Waals surface area contributed by atoms with Crippen molar-refractivity contribution in [2.45, 2.75) is 25.4 Å². The standard InChI is InChI=1S/C11H11ClN2O/c12-10-3-8(7-1-2-7)4-11-13-9(6-15)5-14(10)11/h3-5,7,15H,1-2,6H2. The van der Waals surface area contributed by atoms with Crippen molar-refractivity contribution in [1.82, 2.24) is 9.38 Å². The first-order chi connectivity index (χ1) is 7.28. The monoisotopic (exact) mass is 222 g/mol. The Bertz CT molecular complexity index is 517. The fraction of sp³-hybridized carbons (Fsp3) is 0.364. The van der Waals surface area contributed by atoms with Crippen molar-refractivity contribution in [3.05, 3.63) is 34.7 Å². The molecule has 1 aliphatic rings. The number of aliphatic hydroxyl groups excluding tert-OH is 1. The maximum absolute atomic E-state index is 9.00. The van der Waals surface area contributed by atoms with Gasteiger partial charge < -0.3 is 5.11 Å². The molecule has 1 aliphatic carbocycles. The van der Waals surface area contributed by atoms with Crippen molar-refractivity contribution in [3.63, 3.8) is 0 Å². The van der Waals surface area contributed by atoms with Crippen LogP contribution >= 0.6 is 11.6 Å². The van der Waals surface area contributed by atoms with E-state index in [2.05, 4.69) is 11.1 Å². The summed E-state index contributed by atoms with van der Waals surface area (Å²) in [5.41, 5.74) is 2.75. The van der Waals surface area contributed by atoms with Gasteiger partial charge >= 0.3 is 0 Å². The topological polar surface area (TPSA) is 37.5 Å². The van der Waals surface area contributed by atoms with Crippen molar-refractivity contribution in [2.24, 2.45) is 0 Å². The first kappa shape index (κ1) is 9.19. The lowest BCUT2D eigenvalue weighted by atomic mass is 10.2. The molecule has 1 saturated carbocycles. The van der Waals surface area contributed by atoms with Gasteiger partial charge in [0.05, 0.1) is 12.3 Å². The van der Waals surface area contributed by atoms with Gasteiger partial charge in [0, 0.05) is 6.20 Å². The van der Waals surface area contributed by atoms with E-state index in [0.29, 0.717) is 16.8 Å². The smallest absolute Gasteiger partial charge is 0.138 e. The Morgan fingerprint density at radius 2 is 2.27 bits per heavy atom. The molecule has 0 bridgehead atoms. The summed E-state index contributed by atoms with van der Waals surface area (Å²) in [5.74, 6) is 0.668. The number of aliphatic hydroxyl groups is 1. The number of hydrogen-bond acceptors (Lipinski definition) is 2. The van der Waals surface area contributed by atoms with Crippen LogP contribution in [0.15, 0.2) is 18.3 Å². The highest BCUT2D eigenvalue weighted by molar-refractivity contribution is 6.29. The van der Waals surface area contributed by atoms with Gasteiger partial charge in [-0.1, -0.05) is 11.6 Å². The number of nitrogens with zero attached hydrogens (tertiary/aromatic N) is 2. The molecule has 0 spiro atoms. The third-order valence-corrected chi connectivity index (χ3v) is 3.10. The SMILES string of the molecule is OCc1cn2c(Cl)cc(C3CC3)cc2n1. The fourth-order valence-corrected chi connectivity index (χ4v) is 2.11. The molecule has 78 valence electrons. The highest BCUT2D eigenvalue weighted by Gasteiger charge is 2.24. The molecule has 0 atom stereocenters. The average Bonchev–Trinajstić information content (AvgIpc) is 2.98. The predicted molar refractivity (Wildman–Crippen MR) is 58.1 cm³/mol. The first-order valence-corrected chi connectivity index (χ1v) is 5.44. The molecule has 3 nitrogen and oxygen atoms in total. The van der Waals surface area contributed by atoms with Gasteiger partial charge in [-0.3, -0.25) is 4.40 Å². The Morgan fingerprint density at radius 3 is 2.93 bits per heavy atom. The minimum atomic E-state index is -0.0449. The van der Waals surface area contributed by atoms with E-state index in [1.54, 1.807) is 10.6 Å². The lowest BCUT2D eigenvalue weighted by Gasteiger charge is -2.01. The van der Waals surface area contributed by atoms with E-state index in [-0.39, 0.29) is 6.61 Å². The molecule has 15 heavy (non-hydrogen) atoms. The zero-order chi connectivity index (χ0) is 10.4. The molecule has 0 radical (unpaired) electrons. The lowest BCUT2D eigenvalue weighted by Crippen LogP contribution is -1.88. The minimum absolute atomic E-state index is 0.0449. The van der Waals surface area contributed by atoms with Gasteiger partial charge in [-0.05, 0) is 36.5 Å². The molecule has 2 heterocycles. The van der Waals surface area contributed by atoms with E-state index >= 15 is 0 Å². The quantitative estimate of drug-likeness (QED) is 0.793. The van der Waals surface area contributed by atoms with Gasteiger partial charge in [0.25, 0.3) is 0 Å². The second kappa shape index (κ2) is 3.22. The van der Waals surface area contributed by atoms with E-state index in [1.807, 2.05) is 6.07 Å². The van der Waals surface area contributed by atoms with Gasteiger partial charge in [-0.25, -0.2) is 4.98 Å². The molecule has 1 N–H and O–H groups in total. The Kier molecular flexibility index (Phi) is 1.97. The normalized spacial score (nSPS) is 16.1. The minimum Gasteiger partial charge on any atom is -0.390 e. The summed E-state index contributed by atoms with van der Waals surface area (Å²) in [7, 11) is 0. The number of imidazole rings is 1. The van der Waals surface area contributed by atoms with E-state index < -0.39 is 0 Å². The Morgan fingerprint density at radius 1 is 1.47 bits per heavy atom. The van der Waals surface area contributed by atoms with Crippen LogP contribution in [0.4, 0.5) is 0 Å². The summed E-state index contributed by atoms with van der Waals surface area (Å²) >= 11 is 6.15. The molecule has 0 saturated heterocycles. The highest BCUT2D eigenvalue weighted by Crippen LogP contribution is 2.41. The molecule has 1 fully saturated rings. The predicted octanol–water partition coefficient (Wildman–Crippen LogP) is 2.36. The van der Waals surface area contributed by atoms with Crippen LogP contribution in [0, 0.1) is 0 Å². The van der Waals surface area contributed by atoms with Crippen molar-refractivity contribution >= 4 is 17.2 Å². The zero-order valence-electron chi connectivity index (χ0n) is 8.15. The van der Waals surface area contributed by atoms with Crippen LogP contribution in [0.1, 0.15) is 30.0 Å². The highest BCUT2D eigenvalue weighted by atomic mass is 35.5. The van der Waals surface area contributed by atoms with Gasteiger partial charge in [0.15, 0.2) is 0 Å². The number of fused-ring (bicyclic) bond motifs is 1. The van der Waals surface area contributed by atoms with Crippen LogP contribution in [0.25, 0.3) is 5.65 Å². The summed E-state index contributed by atoms with van der Waals surface area (Å²) in [4.78, 5) is 4.29. The fourth-order valence-electron chi connectivity index (χ4n) is 1.84. The maximum Gasteiger partial charge on any atom is 0.138 e. The number of aromatic nitrogens is 2. The second-order valence-corrected chi connectivity index (χ2v) is 4.39. The number of halogens is 1. The van der Waals surface area contributed by atoms with Crippen molar-refractivity contribution in [1.29, 1.82) is 0 Å². The van der Waals surface area contributed by atoms with Crippen LogP contribution in [0.5, 0.6) is 0 Å². The van der Waals surface area contributed by atoms with Gasteiger partial charge in [0.1, 0.15) is 10.8 Å². The van der Waals surface area contributed by atoms with Crippen LogP contribution < -0.4 is 0 Å². The lowest BCUT2D eigenvalue weighted by molar-refractivity contribution is 0.277. The Balaban J connectivity index is 2.20. The average molecular weight is 223 g/mol. The molecule has 2 aromatic heterocycles. The molecule has 0 aliphatic heterocycles.